The van der Waals surface area contributed by atoms with Crippen LogP contribution in [0.25, 0.3) is 11.5 Å². The molecule has 226 valence electrons. The number of hydrogen-bond donors (Lipinski definition) is 2. The largest absolute Gasteiger partial charge is 0.493 e. The number of para-hydroxylation sites is 1. The number of carbonyl (C=O) groups is 1. The first kappa shape index (κ1) is 29.6. The third-order valence-electron chi connectivity index (χ3n) is 7.62. The van der Waals surface area contributed by atoms with Crippen LogP contribution in [-0.4, -0.2) is 32.6 Å². The molecule has 0 spiro atoms. The number of benzene rings is 4. The SMILES string of the molecule is CCc1nc([C@H](Cc2ccc(OCCc3nc(-c4ccccc4)oc3C)cc2)Nc2ccccc2C(=O)c2ccccc2)n[nH]1. The number of aromatic amines is 1. The highest BCUT2D eigenvalue weighted by Gasteiger charge is 2.21. The summed E-state index contributed by atoms with van der Waals surface area (Å²) in [5, 5.41) is 11.1. The molecular weight excluding hydrogens is 562 g/mol. The summed E-state index contributed by atoms with van der Waals surface area (Å²) >= 11 is 0. The fourth-order valence-corrected chi connectivity index (χ4v) is 5.16. The summed E-state index contributed by atoms with van der Waals surface area (Å²) in [5.74, 6) is 3.62. The van der Waals surface area contributed by atoms with Gasteiger partial charge < -0.3 is 14.5 Å². The summed E-state index contributed by atoms with van der Waals surface area (Å²) in [6.07, 6.45) is 1.99. The van der Waals surface area contributed by atoms with Crippen molar-refractivity contribution in [1.29, 1.82) is 0 Å². The van der Waals surface area contributed by atoms with E-state index in [2.05, 4.69) is 20.5 Å². The van der Waals surface area contributed by atoms with Gasteiger partial charge in [0, 0.05) is 35.2 Å². The van der Waals surface area contributed by atoms with Gasteiger partial charge in [-0.25, -0.2) is 9.97 Å². The number of aromatic nitrogens is 4. The second-order valence-electron chi connectivity index (χ2n) is 10.8. The van der Waals surface area contributed by atoms with Crippen LogP contribution in [0.4, 0.5) is 5.69 Å². The van der Waals surface area contributed by atoms with Crippen molar-refractivity contribution in [3.8, 4) is 17.2 Å². The number of nitrogens with one attached hydrogen (secondary N) is 2. The molecule has 8 heteroatoms. The summed E-state index contributed by atoms with van der Waals surface area (Å²) in [6.45, 7) is 4.45. The van der Waals surface area contributed by atoms with Gasteiger partial charge in [-0.1, -0.05) is 79.7 Å². The zero-order valence-electron chi connectivity index (χ0n) is 25.4. The normalized spacial score (nSPS) is 11.7. The smallest absolute Gasteiger partial charge is 0.226 e. The van der Waals surface area contributed by atoms with Crippen LogP contribution >= 0.6 is 0 Å². The fourth-order valence-electron chi connectivity index (χ4n) is 5.16. The van der Waals surface area contributed by atoms with Gasteiger partial charge in [0.05, 0.1) is 18.3 Å². The monoisotopic (exact) mass is 597 g/mol. The molecule has 0 aliphatic heterocycles. The maximum atomic E-state index is 13.4. The molecule has 0 unspecified atom stereocenters. The third kappa shape index (κ3) is 7.18. The molecule has 45 heavy (non-hydrogen) atoms. The van der Waals surface area contributed by atoms with E-state index in [4.69, 9.17) is 14.1 Å². The number of nitrogens with zero attached hydrogens (tertiary/aromatic N) is 3. The van der Waals surface area contributed by atoms with Crippen LogP contribution in [0.2, 0.25) is 0 Å². The van der Waals surface area contributed by atoms with Gasteiger partial charge in [0.2, 0.25) is 5.89 Å². The topological polar surface area (TPSA) is 106 Å². The van der Waals surface area contributed by atoms with E-state index in [1.165, 1.54) is 0 Å². The lowest BCUT2D eigenvalue weighted by Gasteiger charge is -2.20. The van der Waals surface area contributed by atoms with Gasteiger partial charge in [-0.2, -0.15) is 5.10 Å². The van der Waals surface area contributed by atoms with Crippen LogP contribution in [-0.2, 0) is 19.3 Å². The molecule has 0 fully saturated rings. The van der Waals surface area contributed by atoms with Crippen molar-refractivity contribution in [3.63, 3.8) is 0 Å². The lowest BCUT2D eigenvalue weighted by Crippen LogP contribution is -2.18. The Bertz CT molecular complexity index is 1850. The summed E-state index contributed by atoms with van der Waals surface area (Å²) in [4.78, 5) is 22.8. The molecule has 0 bridgehead atoms. The zero-order valence-corrected chi connectivity index (χ0v) is 25.4. The number of ether oxygens (including phenoxy) is 1. The minimum absolute atomic E-state index is 0.0414. The highest BCUT2D eigenvalue weighted by atomic mass is 16.5. The van der Waals surface area contributed by atoms with Crippen molar-refractivity contribution in [1.82, 2.24) is 20.2 Å². The number of oxazole rings is 1. The Morgan fingerprint density at radius 3 is 2.33 bits per heavy atom. The maximum absolute atomic E-state index is 13.4. The molecule has 6 rings (SSSR count). The molecule has 0 saturated heterocycles. The van der Waals surface area contributed by atoms with E-state index < -0.39 is 0 Å². The molecular formula is C37H35N5O3. The molecule has 0 radical (unpaired) electrons. The van der Waals surface area contributed by atoms with Gasteiger partial charge in [0.25, 0.3) is 0 Å². The van der Waals surface area contributed by atoms with E-state index in [0.29, 0.717) is 42.3 Å². The van der Waals surface area contributed by atoms with Crippen LogP contribution in [0, 0.1) is 6.92 Å². The third-order valence-corrected chi connectivity index (χ3v) is 7.62. The van der Waals surface area contributed by atoms with E-state index >= 15 is 0 Å². The van der Waals surface area contributed by atoms with Gasteiger partial charge in [0.1, 0.15) is 17.3 Å². The molecule has 8 nitrogen and oxygen atoms in total. The average molecular weight is 598 g/mol. The summed E-state index contributed by atoms with van der Waals surface area (Å²) in [6, 6.07) is 34.5. The summed E-state index contributed by atoms with van der Waals surface area (Å²) in [5.41, 5.74) is 4.90. The number of ketones is 1. The lowest BCUT2D eigenvalue weighted by molar-refractivity contribution is 0.103. The maximum Gasteiger partial charge on any atom is 0.226 e. The van der Waals surface area contributed by atoms with Gasteiger partial charge in [-0.05, 0) is 55.3 Å². The van der Waals surface area contributed by atoms with Gasteiger partial charge in [-0.15, -0.1) is 0 Å². The predicted octanol–water partition coefficient (Wildman–Crippen LogP) is 7.58. The van der Waals surface area contributed by atoms with Gasteiger partial charge in [0.15, 0.2) is 11.6 Å². The van der Waals surface area contributed by atoms with E-state index in [-0.39, 0.29) is 11.8 Å². The first-order chi connectivity index (χ1) is 22.1. The standard InChI is InChI=1S/C37H35N5O3/c1-3-34-40-36(42-41-34)33(38-32-17-11-10-16-30(32)35(43)27-12-6-4-7-13-27)24-26-18-20-29(21-19-26)44-23-22-31-25(2)45-37(39-31)28-14-8-5-9-15-28/h4-21,33,38H,3,22-24H2,1-2H3,(H,40,41,42)/t33-/m0/s1. The highest BCUT2D eigenvalue weighted by molar-refractivity contribution is 6.12. The molecule has 0 saturated carbocycles. The van der Waals surface area contributed by atoms with Crippen molar-refractivity contribution in [2.75, 3.05) is 11.9 Å². The molecule has 6 aromatic rings. The first-order valence-electron chi connectivity index (χ1n) is 15.2. The van der Waals surface area contributed by atoms with Crippen LogP contribution in [0.3, 0.4) is 0 Å². The van der Waals surface area contributed by atoms with Crippen LogP contribution in [0.15, 0.2) is 114 Å². The van der Waals surface area contributed by atoms with Gasteiger partial charge in [-0.3, -0.25) is 9.89 Å². The Labute approximate surface area is 262 Å². The average Bonchev–Trinajstić information content (AvgIpc) is 3.73. The number of rotatable bonds is 13. The Kier molecular flexibility index (Phi) is 9.11. The van der Waals surface area contributed by atoms with Crippen LogP contribution < -0.4 is 10.1 Å². The van der Waals surface area contributed by atoms with E-state index in [9.17, 15) is 4.79 Å². The second-order valence-corrected chi connectivity index (χ2v) is 10.8. The van der Waals surface area contributed by atoms with Crippen LogP contribution in [0.1, 0.15) is 57.6 Å². The van der Waals surface area contributed by atoms with Crippen molar-refractivity contribution in [3.05, 3.63) is 149 Å². The van der Waals surface area contributed by atoms with E-state index in [1.807, 2.05) is 123 Å². The molecule has 2 N–H and O–H groups in total. The quantitative estimate of drug-likeness (QED) is 0.132. The highest BCUT2D eigenvalue weighted by Crippen LogP contribution is 2.27. The zero-order chi connectivity index (χ0) is 31.0. The first-order valence-corrected chi connectivity index (χ1v) is 15.2. The predicted molar refractivity (Wildman–Crippen MR) is 174 cm³/mol. The van der Waals surface area contributed by atoms with Crippen molar-refractivity contribution >= 4 is 11.5 Å². The molecule has 1 atom stereocenters. The fraction of sp³-hybridized carbons (Fsp3) is 0.189. The number of carbonyl (C=O) groups excluding carboxylic acids is 1. The number of aryl methyl sites for hydroxylation is 2. The Hall–Kier alpha value is -5.50. The minimum Gasteiger partial charge on any atom is -0.493 e. The van der Waals surface area contributed by atoms with Crippen molar-refractivity contribution < 1.29 is 13.9 Å². The van der Waals surface area contributed by atoms with E-state index in [0.717, 1.165) is 46.3 Å². The number of H-pyrrole nitrogens is 1. The van der Waals surface area contributed by atoms with Gasteiger partial charge >= 0.3 is 0 Å². The molecule has 2 heterocycles. The number of hydrogen-bond acceptors (Lipinski definition) is 7. The molecule has 0 aliphatic carbocycles. The molecule has 4 aromatic carbocycles. The Balaban J connectivity index is 1.14. The molecule has 0 aliphatic rings. The Morgan fingerprint density at radius 1 is 0.889 bits per heavy atom. The molecule has 2 aromatic heterocycles. The van der Waals surface area contributed by atoms with Crippen LogP contribution in [0.5, 0.6) is 5.75 Å². The lowest BCUT2D eigenvalue weighted by atomic mass is 10.00. The number of anilines is 1. The summed E-state index contributed by atoms with van der Waals surface area (Å²) in [7, 11) is 0. The Morgan fingerprint density at radius 2 is 1.60 bits per heavy atom. The van der Waals surface area contributed by atoms with Crippen molar-refractivity contribution in [2.45, 2.75) is 39.2 Å². The molecule has 0 amide bonds. The second kappa shape index (κ2) is 13.9. The summed E-state index contributed by atoms with van der Waals surface area (Å²) < 4.78 is 11.9. The van der Waals surface area contributed by atoms with E-state index in [1.54, 1.807) is 0 Å². The minimum atomic E-state index is -0.271. The van der Waals surface area contributed by atoms with Crippen molar-refractivity contribution in [2.24, 2.45) is 0 Å².